The van der Waals surface area contributed by atoms with Crippen molar-refractivity contribution in [3.8, 4) is 0 Å². The van der Waals surface area contributed by atoms with Crippen molar-refractivity contribution < 1.29 is 13.2 Å². The molecule has 1 saturated heterocycles. The highest BCUT2D eigenvalue weighted by atomic mass is 32.2. The fourth-order valence-corrected chi connectivity index (χ4v) is 2.81. The SMILES string of the molecule is NS(=O)(=O)CCNC(=O)C1CCSC1. The van der Waals surface area contributed by atoms with Crippen molar-refractivity contribution in [2.24, 2.45) is 11.1 Å². The maximum Gasteiger partial charge on any atom is 0.224 e. The summed E-state index contributed by atoms with van der Waals surface area (Å²) in [6.07, 6.45) is 0.881. The zero-order valence-corrected chi connectivity index (χ0v) is 9.36. The lowest BCUT2D eigenvalue weighted by molar-refractivity contribution is -0.124. The average molecular weight is 238 g/mol. The van der Waals surface area contributed by atoms with Gasteiger partial charge in [-0.25, -0.2) is 13.6 Å². The summed E-state index contributed by atoms with van der Waals surface area (Å²) in [5.74, 6) is 1.63. The molecule has 0 aliphatic carbocycles. The molecule has 5 nitrogen and oxygen atoms in total. The summed E-state index contributed by atoms with van der Waals surface area (Å²) in [6.45, 7) is 0.110. The molecule has 0 radical (unpaired) electrons. The van der Waals surface area contributed by atoms with Crippen LogP contribution in [0.4, 0.5) is 0 Å². The topological polar surface area (TPSA) is 89.3 Å². The van der Waals surface area contributed by atoms with Crippen molar-refractivity contribution in [3.05, 3.63) is 0 Å². The van der Waals surface area contributed by atoms with Gasteiger partial charge in [-0.1, -0.05) is 0 Å². The van der Waals surface area contributed by atoms with Gasteiger partial charge in [0.15, 0.2) is 0 Å². The van der Waals surface area contributed by atoms with E-state index < -0.39 is 10.0 Å². The quantitative estimate of drug-likeness (QED) is 0.667. The van der Waals surface area contributed by atoms with Crippen molar-refractivity contribution in [1.82, 2.24) is 5.32 Å². The first-order chi connectivity index (χ1) is 6.49. The normalized spacial score (nSPS) is 22.2. The molecule has 0 aromatic heterocycles. The number of hydrogen-bond donors (Lipinski definition) is 2. The number of carbonyl (C=O) groups is 1. The molecular formula is C7H14N2O3S2. The number of rotatable bonds is 4. The Kier molecular flexibility index (Phi) is 4.21. The van der Waals surface area contributed by atoms with Crippen LogP contribution >= 0.6 is 11.8 Å². The molecule has 1 aliphatic heterocycles. The van der Waals surface area contributed by atoms with Gasteiger partial charge in [-0.15, -0.1) is 0 Å². The molecule has 14 heavy (non-hydrogen) atoms. The first-order valence-corrected chi connectivity index (χ1v) is 7.22. The van der Waals surface area contributed by atoms with E-state index in [1.165, 1.54) is 0 Å². The Morgan fingerprint density at radius 2 is 2.29 bits per heavy atom. The zero-order valence-electron chi connectivity index (χ0n) is 7.73. The summed E-state index contributed by atoms with van der Waals surface area (Å²) in [5, 5.41) is 7.36. The summed E-state index contributed by atoms with van der Waals surface area (Å²) in [4.78, 5) is 11.4. The molecule has 1 unspecified atom stereocenters. The predicted molar refractivity (Wildman–Crippen MR) is 56.4 cm³/mol. The maximum atomic E-state index is 11.4. The standard InChI is InChI=1S/C7H14N2O3S2/c8-14(11,12)4-2-9-7(10)6-1-3-13-5-6/h6H,1-5H2,(H,9,10)(H2,8,11,12). The predicted octanol–water partition coefficient (Wildman–Crippen LogP) is -0.856. The summed E-state index contributed by atoms with van der Waals surface area (Å²) < 4.78 is 21.1. The van der Waals surface area contributed by atoms with E-state index in [2.05, 4.69) is 5.32 Å². The van der Waals surface area contributed by atoms with Crippen molar-refractivity contribution >= 4 is 27.7 Å². The van der Waals surface area contributed by atoms with Crippen LogP contribution < -0.4 is 10.5 Å². The van der Waals surface area contributed by atoms with Crippen molar-refractivity contribution in [1.29, 1.82) is 0 Å². The van der Waals surface area contributed by atoms with Crippen molar-refractivity contribution in [2.75, 3.05) is 23.8 Å². The molecule has 1 heterocycles. The molecule has 0 bridgehead atoms. The van der Waals surface area contributed by atoms with E-state index >= 15 is 0 Å². The van der Waals surface area contributed by atoms with Crippen LogP contribution in [0.15, 0.2) is 0 Å². The number of thioether (sulfide) groups is 1. The molecule has 1 rings (SSSR count). The molecule has 82 valence electrons. The highest BCUT2D eigenvalue weighted by Crippen LogP contribution is 2.23. The Balaban J connectivity index is 2.21. The number of primary sulfonamides is 1. The van der Waals surface area contributed by atoms with Crippen molar-refractivity contribution in [2.45, 2.75) is 6.42 Å². The van der Waals surface area contributed by atoms with Gasteiger partial charge in [-0.05, 0) is 12.2 Å². The minimum Gasteiger partial charge on any atom is -0.355 e. The molecule has 1 amide bonds. The summed E-state index contributed by atoms with van der Waals surface area (Å²) in [6, 6.07) is 0. The lowest BCUT2D eigenvalue weighted by atomic mass is 10.1. The first-order valence-electron chi connectivity index (χ1n) is 4.35. The number of amides is 1. The van der Waals surface area contributed by atoms with Crippen molar-refractivity contribution in [3.63, 3.8) is 0 Å². The van der Waals surface area contributed by atoms with Gasteiger partial charge >= 0.3 is 0 Å². The van der Waals surface area contributed by atoms with Gasteiger partial charge in [0.1, 0.15) is 0 Å². The molecule has 1 fully saturated rings. The van der Waals surface area contributed by atoms with Crippen LogP contribution in [0.3, 0.4) is 0 Å². The van der Waals surface area contributed by atoms with Crippen LogP contribution in [0.5, 0.6) is 0 Å². The van der Waals surface area contributed by atoms with E-state index in [-0.39, 0.29) is 24.1 Å². The Hall–Kier alpha value is -0.270. The van der Waals surface area contributed by atoms with Crippen LogP contribution in [0.25, 0.3) is 0 Å². The highest BCUT2D eigenvalue weighted by Gasteiger charge is 2.22. The Labute approximate surface area is 87.9 Å². The number of carbonyl (C=O) groups excluding carboxylic acids is 1. The van der Waals surface area contributed by atoms with E-state index in [4.69, 9.17) is 5.14 Å². The molecule has 0 aromatic carbocycles. The molecule has 1 atom stereocenters. The van der Waals surface area contributed by atoms with E-state index in [9.17, 15) is 13.2 Å². The van der Waals surface area contributed by atoms with Gasteiger partial charge in [0.05, 0.1) is 5.75 Å². The molecular weight excluding hydrogens is 224 g/mol. The number of sulfonamides is 1. The van der Waals surface area contributed by atoms with Gasteiger partial charge in [0, 0.05) is 18.2 Å². The summed E-state index contributed by atoms with van der Waals surface area (Å²) in [5.41, 5.74) is 0. The summed E-state index contributed by atoms with van der Waals surface area (Å²) >= 11 is 1.75. The molecule has 3 N–H and O–H groups in total. The lowest BCUT2D eigenvalue weighted by Gasteiger charge is -2.08. The van der Waals surface area contributed by atoms with Gasteiger partial charge < -0.3 is 5.32 Å². The van der Waals surface area contributed by atoms with E-state index in [0.29, 0.717) is 0 Å². The second kappa shape index (κ2) is 4.99. The monoisotopic (exact) mass is 238 g/mol. The minimum atomic E-state index is -3.46. The third kappa shape index (κ3) is 4.30. The molecule has 0 spiro atoms. The Morgan fingerprint density at radius 1 is 1.57 bits per heavy atom. The van der Waals surface area contributed by atoms with Crippen LogP contribution in [0.2, 0.25) is 0 Å². The fourth-order valence-electron chi connectivity index (χ4n) is 1.20. The third-order valence-electron chi connectivity index (χ3n) is 1.99. The molecule has 7 heteroatoms. The number of nitrogens with one attached hydrogen (secondary N) is 1. The van der Waals surface area contributed by atoms with Gasteiger partial charge in [0.2, 0.25) is 15.9 Å². The molecule has 0 saturated carbocycles. The maximum absolute atomic E-state index is 11.4. The highest BCUT2D eigenvalue weighted by molar-refractivity contribution is 7.99. The van der Waals surface area contributed by atoms with Crippen LogP contribution in [-0.4, -0.2) is 38.1 Å². The first kappa shape index (κ1) is 11.8. The van der Waals surface area contributed by atoms with Gasteiger partial charge in [-0.2, -0.15) is 11.8 Å². The second-order valence-corrected chi connectivity index (χ2v) is 6.10. The fraction of sp³-hybridized carbons (Fsp3) is 0.857. The van der Waals surface area contributed by atoms with Gasteiger partial charge in [-0.3, -0.25) is 4.79 Å². The second-order valence-electron chi connectivity index (χ2n) is 3.22. The minimum absolute atomic E-state index is 0.0421. The Bertz CT molecular complexity index is 296. The number of hydrogen-bond acceptors (Lipinski definition) is 4. The van der Waals surface area contributed by atoms with E-state index in [1.54, 1.807) is 11.8 Å². The number of nitrogens with two attached hydrogens (primary N) is 1. The van der Waals surface area contributed by atoms with Crippen LogP contribution in [0, 0.1) is 5.92 Å². The summed E-state index contributed by atoms with van der Waals surface area (Å²) in [7, 11) is -3.46. The third-order valence-corrected chi connectivity index (χ3v) is 3.92. The largest absolute Gasteiger partial charge is 0.355 e. The lowest BCUT2D eigenvalue weighted by Crippen LogP contribution is -2.35. The Morgan fingerprint density at radius 3 is 2.79 bits per heavy atom. The molecule has 1 aliphatic rings. The smallest absolute Gasteiger partial charge is 0.224 e. The van der Waals surface area contributed by atoms with Gasteiger partial charge in [0.25, 0.3) is 0 Å². The zero-order chi connectivity index (χ0) is 10.6. The van der Waals surface area contributed by atoms with E-state index in [0.717, 1.165) is 17.9 Å². The van der Waals surface area contributed by atoms with E-state index in [1.807, 2.05) is 0 Å². The van der Waals surface area contributed by atoms with Crippen LogP contribution in [0.1, 0.15) is 6.42 Å². The molecule has 0 aromatic rings. The average Bonchev–Trinajstić information content (AvgIpc) is 2.53. The van der Waals surface area contributed by atoms with Crippen LogP contribution in [-0.2, 0) is 14.8 Å².